The highest BCUT2D eigenvalue weighted by Gasteiger charge is 2.15. The summed E-state index contributed by atoms with van der Waals surface area (Å²) in [5.41, 5.74) is 1.64. The molecule has 0 saturated heterocycles. The second-order valence-corrected chi connectivity index (χ2v) is 5.43. The zero-order valence-electron chi connectivity index (χ0n) is 11.4. The Labute approximate surface area is 116 Å². The van der Waals surface area contributed by atoms with Crippen molar-refractivity contribution in [2.24, 2.45) is 0 Å². The van der Waals surface area contributed by atoms with E-state index in [0.717, 1.165) is 36.2 Å². The molecule has 0 unspecified atom stereocenters. The van der Waals surface area contributed by atoms with Gasteiger partial charge in [-0.3, -0.25) is 0 Å². The average Bonchev–Trinajstić information content (AvgIpc) is 2.77. The molecule has 0 N–H and O–H groups in total. The third kappa shape index (κ3) is 3.10. The summed E-state index contributed by atoms with van der Waals surface area (Å²) in [5.74, 6) is 0.0379. The highest BCUT2D eigenvalue weighted by Crippen LogP contribution is 2.34. The van der Waals surface area contributed by atoms with E-state index < -0.39 is 0 Å². The number of methoxy groups -OCH3 is 1. The molecule has 0 amide bonds. The lowest BCUT2D eigenvalue weighted by atomic mass is 10.2. The number of rotatable bonds is 5. The Morgan fingerprint density at radius 1 is 1.42 bits per heavy atom. The maximum atomic E-state index is 13.3. The van der Waals surface area contributed by atoms with Crippen LogP contribution in [0.2, 0.25) is 0 Å². The van der Waals surface area contributed by atoms with E-state index in [-0.39, 0.29) is 5.82 Å². The summed E-state index contributed by atoms with van der Waals surface area (Å²) in [6, 6.07) is 1.42. The van der Waals surface area contributed by atoms with Crippen LogP contribution in [0.5, 0.6) is 5.88 Å². The van der Waals surface area contributed by atoms with Crippen molar-refractivity contribution in [1.82, 2.24) is 9.97 Å². The normalized spacial score (nSPS) is 10.7. The fraction of sp³-hybridized carbons (Fsp3) is 0.429. The minimum atomic E-state index is -0.376. The molecule has 2 aromatic heterocycles. The van der Waals surface area contributed by atoms with Crippen LogP contribution in [0.25, 0.3) is 10.6 Å². The van der Waals surface area contributed by atoms with Crippen LogP contribution in [-0.2, 0) is 6.42 Å². The first-order valence-corrected chi connectivity index (χ1v) is 7.13. The van der Waals surface area contributed by atoms with Crippen molar-refractivity contribution in [3.05, 3.63) is 28.7 Å². The third-order valence-corrected chi connectivity index (χ3v) is 4.14. The Balaban J connectivity index is 2.39. The second-order valence-electron chi connectivity index (χ2n) is 4.34. The molecule has 2 rings (SSSR count). The number of pyridine rings is 1. The third-order valence-electron chi connectivity index (χ3n) is 2.89. The topological polar surface area (TPSA) is 35.0 Å². The molecule has 102 valence electrons. The average molecular weight is 280 g/mol. The first-order valence-electron chi connectivity index (χ1n) is 6.32. The van der Waals surface area contributed by atoms with E-state index >= 15 is 0 Å². The number of thiazole rings is 1. The number of hydrogen-bond acceptors (Lipinski definition) is 4. The standard InChI is InChI=1S/C14H17FN2OS/c1-4-5-6-12-9(2)17-14(19-12)11-7-10(15)8-16-13(11)18-3/h7-8H,4-6H2,1-3H3. The molecular formula is C14H17FN2OS. The highest BCUT2D eigenvalue weighted by atomic mass is 32.1. The van der Waals surface area contributed by atoms with Crippen molar-refractivity contribution in [1.29, 1.82) is 0 Å². The monoisotopic (exact) mass is 280 g/mol. The zero-order chi connectivity index (χ0) is 13.8. The molecule has 3 nitrogen and oxygen atoms in total. The lowest BCUT2D eigenvalue weighted by molar-refractivity contribution is 0.397. The molecule has 0 saturated carbocycles. The van der Waals surface area contributed by atoms with Gasteiger partial charge in [0.05, 0.1) is 24.6 Å². The molecule has 0 spiro atoms. The maximum absolute atomic E-state index is 13.3. The van der Waals surface area contributed by atoms with E-state index in [1.807, 2.05) is 6.92 Å². The van der Waals surface area contributed by atoms with Gasteiger partial charge >= 0.3 is 0 Å². The molecule has 2 heterocycles. The van der Waals surface area contributed by atoms with E-state index in [4.69, 9.17) is 4.74 Å². The Bertz CT molecular complexity index is 569. The van der Waals surface area contributed by atoms with Crippen LogP contribution in [0.3, 0.4) is 0 Å². The van der Waals surface area contributed by atoms with Crippen molar-refractivity contribution in [2.45, 2.75) is 33.1 Å². The summed E-state index contributed by atoms with van der Waals surface area (Å²) in [4.78, 5) is 9.71. The summed E-state index contributed by atoms with van der Waals surface area (Å²) in [6.07, 6.45) is 4.46. The summed E-state index contributed by atoms with van der Waals surface area (Å²) in [6.45, 7) is 4.15. The molecule has 0 aromatic carbocycles. The number of aromatic nitrogens is 2. The summed E-state index contributed by atoms with van der Waals surface area (Å²) < 4.78 is 18.5. The number of halogens is 1. The Morgan fingerprint density at radius 3 is 2.89 bits per heavy atom. The number of unbranched alkanes of at least 4 members (excludes halogenated alkanes) is 1. The van der Waals surface area contributed by atoms with E-state index in [0.29, 0.717) is 11.4 Å². The van der Waals surface area contributed by atoms with Crippen LogP contribution in [0.15, 0.2) is 12.3 Å². The van der Waals surface area contributed by atoms with E-state index in [2.05, 4.69) is 16.9 Å². The summed E-state index contributed by atoms with van der Waals surface area (Å²) in [5, 5.41) is 0.771. The summed E-state index contributed by atoms with van der Waals surface area (Å²) in [7, 11) is 1.53. The first-order chi connectivity index (χ1) is 9.15. The van der Waals surface area contributed by atoms with Crippen LogP contribution in [-0.4, -0.2) is 17.1 Å². The smallest absolute Gasteiger partial charge is 0.223 e. The van der Waals surface area contributed by atoms with Crippen molar-refractivity contribution in [2.75, 3.05) is 7.11 Å². The highest BCUT2D eigenvalue weighted by molar-refractivity contribution is 7.15. The second kappa shape index (κ2) is 6.10. The van der Waals surface area contributed by atoms with Crippen LogP contribution < -0.4 is 4.74 Å². The fourth-order valence-electron chi connectivity index (χ4n) is 1.86. The Morgan fingerprint density at radius 2 is 2.21 bits per heavy atom. The van der Waals surface area contributed by atoms with Gasteiger partial charge in [0.15, 0.2) is 0 Å². The van der Waals surface area contributed by atoms with Crippen LogP contribution in [0.1, 0.15) is 30.3 Å². The minimum Gasteiger partial charge on any atom is -0.480 e. The molecule has 0 bridgehead atoms. The molecule has 19 heavy (non-hydrogen) atoms. The molecule has 0 aliphatic carbocycles. The first kappa shape index (κ1) is 13.9. The van der Waals surface area contributed by atoms with Crippen molar-refractivity contribution in [3.8, 4) is 16.5 Å². The molecule has 0 fully saturated rings. The van der Waals surface area contributed by atoms with Gasteiger partial charge in [-0.2, -0.15) is 0 Å². The lowest BCUT2D eigenvalue weighted by Crippen LogP contribution is -1.92. The minimum absolute atomic E-state index is 0.376. The maximum Gasteiger partial charge on any atom is 0.223 e. The number of nitrogens with zero attached hydrogens (tertiary/aromatic N) is 2. The van der Waals surface area contributed by atoms with Gasteiger partial charge in [-0.05, 0) is 25.8 Å². The van der Waals surface area contributed by atoms with E-state index in [1.165, 1.54) is 18.1 Å². The largest absolute Gasteiger partial charge is 0.480 e. The Hall–Kier alpha value is -1.49. The predicted molar refractivity (Wildman–Crippen MR) is 75.2 cm³/mol. The fourth-order valence-corrected chi connectivity index (χ4v) is 2.97. The van der Waals surface area contributed by atoms with Gasteiger partial charge in [0, 0.05) is 4.88 Å². The Kier molecular flexibility index (Phi) is 4.47. The number of aryl methyl sites for hydroxylation is 2. The van der Waals surface area contributed by atoms with Gasteiger partial charge in [-0.1, -0.05) is 13.3 Å². The van der Waals surface area contributed by atoms with Crippen molar-refractivity contribution < 1.29 is 9.13 Å². The van der Waals surface area contributed by atoms with Gasteiger partial charge in [0.2, 0.25) is 5.88 Å². The van der Waals surface area contributed by atoms with Crippen LogP contribution in [0.4, 0.5) is 4.39 Å². The van der Waals surface area contributed by atoms with Crippen LogP contribution in [0, 0.1) is 12.7 Å². The predicted octanol–water partition coefficient (Wildman–Crippen LogP) is 4.00. The van der Waals surface area contributed by atoms with E-state index in [1.54, 1.807) is 11.3 Å². The number of ether oxygens (including phenoxy) is 1. The van der Waals surface area contributed by atoms with Gasteiger partial charge in [-0.15, -0.1) is 11.3 Å². The van der Waals surface area contributed by atoms with Crippen molar-refractivity contribution in [3.63, 3.8) is 0 Å². The van der Waals surface area contributed by atoms with Gasteiger partial charge in [0.25, 0.3) is 0 Å². The molecule has 0 atom stereocenters. The molecule has 0 aliphatic heterocycles. The van der Waals surface area contributed by atoms with Gasteiger partial charge in [-0.25, -0.2) is 14.4 Å². The molecule has 5 heteroatoms. The molecule has 0 aliphatic rings. The lowest BCUT2D eigenvalue weighted by Gasteiger charge is -2.03. The molecular weight excluding hydrogens is 263 g/mol. The SMILES string of the molecule is CCCCc1sc(-c2cc(F)cnc2OC)nc1C. The summed E-state index contributed by atoms with van der Waals surface area (Å²) >= 11 is 1.59. The zero-order valence-corrected chi connectivity index (χ0v) is 12.2. The van der Waals surface area contributed by atoms with E-state index in [9.17, 15) is 4.39 Å². The molecule has 2 aromatic rings. The van der Waals surface area contributed by atoms with Gasteiger partial charge in [0.1, 0.15) is 10.8 Å². The van der Waals surface area contributed by atoms with Crippen LogP contribution >= 0.6 is 11.3 Å². The van der Waals surface area contributed by atoms with Gasteiger partial charge < -0.3 is 4.74 Å². The molecule has 0 radical (unpaired) electrons. The number of hydrogen-bond donors (Lipinski definition) is 0. The van der Waals surface area contributed by atoms with Crippen molar-refractivity contribution >= 4 is 11.3 Å². The quantitative estimate of drug-likeness (QED) is 0.830.